The van der Waals surface area contributed by atoms with Crippen LogP contribution in [0.3, 0.4) is 0 Å². The van der Waals surface area contributed by atoms with Gasteiger partial charge in [-0.05, 0) is 35.2 Å². The van der Waals surface area contributed by atoms with Gasteiger partial charge in [-0.3, -0.25) is 9.52 Å². The molecule has 3 aromatic rings. The number of hydrogen-bond donors (Lipinski definition) is 2. The van der Waals surface area contributed by atoms with Gasteiger partial charge in [-0.15, -0.1) is 0 Å². The Hall–Kier alpha value is -3.12. The lowest BCUT2D eigenvalue weighted by atomic mass is 10.1. The summed E-state index contributed by atoms with van der Waals surface area (Å²) in [6.07, 6.45) is 4.21. The van der Waals surface area contributed by atoms with E-state index < -0.39 is 10.0 Å². The van der Waals surface area contributed by atoms with Gasteiger partial charge < -0.3 is 5.32 Å². The van der Waals surface area contributed by atoms with Crippen molar-refractivity contribution in [2.45, 2.75) is 0 Å². The largest absolute Gasteiger partial charge is 0.322 e. The molecule has 0 spiro atoms. The normalized spacial score (nSPS) is 11.6. The molecule has 0 atom stereocenters. The minimum atomic E-state index is -3.30. The van der Waals surface area contributed by atoms with Gasteiger partial charge in [0.2, 0.25) is 15.9 Å². The first kappa shape index (κ1) is 17.7. The standard InChI is InChI=1S/C20H18N2O3S/c1-26(24,25)22-17-12-9-15(10-13-17)11-14-20(23)21-19-8-4-6-16-5-2-3-7-18(16)19/h2-14,22H,1H3,(H,21,23)/b14-11+. The molecule has 0 radical (unpaired) electrons. The number of hydrogen-bond acceptors (Lipinski definition) is 3. The summed E-state index contributed by atoms with van der Waals surface area (Å²) in [5.41, 5.74) is 2.02. The first-order valence-electron chi connectivity index (χ1n) is 7.95. The molecule has 132 valence electrons. The van der Waals surface area contributed by atoms with Gasteiger partial charge in [0, 0.05) is 22.8 Å². The van der Waals surface area contributed by atoms with Gasteiger partial charge >= 0.3 is 0 Å². The topological polar surface area (TPSA) is 75.3 Å². The van der Waals surface area contributed by atoms with Gasteiger partial charge in [0.1, 0.15) is 0 Å². The first-order chi connectivity index (χ1) is 12.4. The van der Waals surface area contributed by atoms with E-state index in [1.54, 1.807) is 30.3 Å². The van der Waals surface area contributed by atoms with Crippen molar-refractivity contribution in [3.63, 3.8) is 0 Å². The highest BCUT2D eigenvalue weighted by Crippen LogP contribution is 2.23. The van der Waals surface area contributed by atoms with Crippen molar-refractivity contribution >= 4 is 44.2 Å². The van der Waals surface area contributed by atoms with Crippen LogP contribution >= 0.6 is 0 Å². The Morgan fingerprint density at radius 2 is 1.62 bits per heavy atom. The molecule has 0 saturated carbocycles. The maximum Gasteiger partial charge on any atom is 0.248 e. The van der Waals surface area contributed by atoms with Crippen molar-refractivity contribution in [2.24, 2.45) is 0 Å². The zero-order chi connectivity index (χ0) is 18.6. The van der Waals surface area contributed by atoms with Gasteiger partial charge in [0.25, 0.3) is 0 Å². The Morgan fingerprint density at radius 1 is 0.923 bits per heavy atom. The fraction of sp³-hybridized carbons (Fsp3) is 0.0500. The molecule has 3 aromatic carbocycles. The van der Waals surface area contributed by atoms with E-state index in [1.165, 1.54) is 6.08 Å². The molecule has 0 aliphatic heterocycles. The molecule has 1 amide bonds. The van der Waals surface area contributed by atoms with Crippen LogP contribution in [0.2, 0.25) is 0 Å². The molecule has 5 nitrogen and oxygen atoms in total. The molecule has 0 unspecified atom stereocenters. The number of anilines is 2. The van der Waals surface area contributed by atoms with Crippen molar-refractivity contribution in [2.75, 3.05) is 16.3 Å². The van der Waals surface area contributed by atoms with E-state index >= 15 is 0 Å². The van der Waals surface area contributed by atoms with Gasteiger partial charge in [-0.25, -0.2) is 8.42 Å². The zero-order valence-electron chi connectivity index (χ0n) is 14.1. The number of carbonyl (C=O) groups is 1. The van der Waals surface area contributed by atoms with E-state index in [4.69, 9.17) is 0 Å². The number of fused-ring (bicyclic) bond motifs is 1. The van der Waals surface area contributed by atoms with Crippen LogP contribution in [-0.2, 0) is 14.8 Å². The third-order valence-corrected chi connectivity index (χ3v) is 4.30. The number of nitrogens with one attached hydrogen (secondary N) is 2. The van der Waals surface area contributed by atoms with Crippen molar-refractivity contribution < 1.29 is 13.2 Å². The SMILES string of the molecule is CS(=O)(=O)Nc1ccc(/C=C/C(=O)Nc2cccc3ccccc23)cc1. The highest BCUT2D eigenvalue weighted by Gasteiger charge is 2.03. The second-order valence-corrected chi connectivity index (χ2v) is 7.59. The number of benzene rings is 3. The molecule has 2 N–H and O–H groups in total. The van der Waals surface area contributed by atoms with E-state index in [2.05, 4.69) is 10.0 Å². The summed E-state index contributed by atoms with van der Waals surface area (Å²) in [4.78, 5) is 12.2. The third kappa shape index (κ3) is 4.70. The summed E-state index contributed by atoms with van der Waals surface area (Å²) < 4.78 is 24.8. The molecule has 0 aromatic heterocycles. The Bertz CT molecular complexity index is 1070. The second-order valence-electron chi connectivity index (χ2n) is 5.85. The van der Waals surface area contributed by atoms with Crippen LogP contribution in [0.15, 0.2) is 72.8 Å². The Morgan fingerprint density at radius 3 is 2.35 bits per heavy atom. The molecule has 0 aliphatic carbocycles. The monoisotopic (exact) mass is 366 g/mol. The quantitative estimate of drug-likeness (QED) is 0.673. The zero-order valence-corrected chi connectivity index (χ0v) is 15.0. The van der Waals surface area contributed by atoms with Crippen LogP contribution in [0.1, 0.15) is 5.56 Å². The number of rotatable bonds is 5. The van der Waals surface area contributed by atoms with Gasteiger partial charge in [0.15, 0.2) is 0 Å². The highest BCUT2D eigenvalue weighted by atomic mass is 32.2. The molecule has 0 fully saturated rings. The summed E-state index contributed by atoms with van der Waals surface area (Å²) in [7, 11) is -3.30. The predicted molar refractivity (Wildman–Crippen MR) is 107 cm³/mol. The minimum absolute atomic E-state index is 0.236. The summed E-state index contributed by atoms with van der Waals surface area (Å²) in [5, 5.41) is 4.92. The van der Waals surface area contributed by atoms with Crippen molar-refractivity contribution in [1.29, 1.82) is 0 Å². The van der Waals surface area contributed by atoms with Crippen molar-refractivity contribution in [3.05, 3.63) is 78.4 Å². The summed E-state index contributed by atoms with van der Waals surface area (Å²) in [6, 6.07) is 20.3. The molecule has 3 rings (SSSR count). The van der Waals surface area contributed by atoms with E-state index in [1.807, 2.05) is 42.5 Å². The smallest absolute Gasteiger partial charge is 0.248 e. The summed E-state index contributed by atoms with van der Waals surface area (Å²) in [6.45, 7) is 0. The van der Waals surface area contributed by atoms with E-state index in [9.17, 15) is 13.2 Å². The van der Waals surface area contributed by atoms with Crippen LogP contribution in [0.25, 0.3) is 16.8 Å². The lowest BCUT2D eigenvalue weighted by Gasteiger charge is -2.06. The molecular formula is C20H18N2O3S. The fourth-order valence-electron chi connectivity index (χ4n) is 2.56. The van der Waals surface area contributed by atoms with E-state index in [0.717, 1.165) is 28.3 Å². The van der Waals surface area contributed by atoms with Gasteiger partial charge in [-0.1, -0.05) is 48.5 Å². The molecule has 0 aliphatic rings. The van der Waals surface area contributed by atoms with Crippen LogP contribution in [-0.4, -0.2) is 20.6 Å². The van der Waals surface area contributed by atoms with Crippen molar-refractivity contribution in [1.82, 2.24) is 0 Å². The highest BCUT2D eigenvalue weighted by molar-refractivity contribution is 7.92. The minimum Gasteiger partial charge on any atom is -0.322 e. The summed E-state index contributed by atoms with van der Waals surface area (Å²) >= 11 is 0. The molecule has 0 saturated heterocycles. The first-order valence-corrected chi connectivity index (χ1v) is 9.84. The fourth-order valence-corrected chi connectivity index (χ4v) is 3.12. The van der Waals surface area contributed by atoms with Gasteiger partial charge in [-0.2, -0.15) is 0 Å². The van der Waals surface area contributed by atoms with Crippen molar-refractivity contribution in [3.8, 4) is 0 Å². The number of amides is 1. The van der Waals surface area contributed by atoms with E-state index in [0.29, 0.717) is 5.69 Å². The lowest BCUT2D eigenvalue weighted by Crippen LogP contribution is -2.09. The maximum absolute atomic E-state index is 12.2. The number of sulfonamides is 1. The summed E-state index contributed by atoms with van der Waals surface area (Å²) in [5.74, 6) is -0.236. The van der Waals surface area contributed by atoms with E-state index in [-0.39, 0.29) is 5.91 Å². The average molecular weight is 366 g/mol. The maximum atomic E-state index is 12.2. The van der Waals surface area contributed by atoms with Crippen LogP contribution in [0, 0.1) is 0 Å². The molecule has 6 heteroatoms. The van der Waals surface area contributed by atoms with Gasteiger partial charge in [0.05, 0.1) is 6.26 Å². The average Bonchev–Trinajstić information content (AvgIpc) is 2.60. The second kappa shape index (κ2) is 7.41. The molecule has 26 heavy (non-hydrogen) atoms. The number of carbonyl (C=O) groups excluding carboxylic acids is 1. The van der Waals surface area contributed by atoms with Crippen LogP contribution in [0.5, 0.6) is 0 Å². The molecule has 0 heterocycles. The molecular weight excluding hydrogens is 348 g/mol. The Labute approximate surface area is 152 Å². The Kier molecular flexibility index (Phi) is 5.04. The van der Waals surface area contributed by atoms with Crippen LogP contribution < -0.4 is 10.0 Å². The molecule has 0 bridgehead atoms. The van der Waals surface area contributed by atoms with Crippen LogP contribution in [0.4, 0.5) is 11.4 Å². The lowest BCUT2D eigenvalue weighted by molar-refractivity contribution is -0.111. The Balaban J connectivity index is 1.69. The third-order valence-electron chi connectivity index (χ3n) is 3.69. The predicted octanol–water partition coefficient (Wildman–Crippen LogP) is 3.86.